The first-order valence-corrected chi connectivity index (χ1v) is 15.1. The van der Waals surface area contributed by atoms with Crippen molar-refractivity contribution in [3.63, 3.8) is 0 Å². The van der Waals surface area contributed by atoms with Crippen LogP contribution in [-0.4, -0.2) is 98.2 Å². The summed E-state index contributed by atoms with van der Waals surface area (Å²) in [7, 11) is 1.38. The molecule has 0 bridgehead atoms. The standard InChI is InChI=1S/C33H31N5O11/c1-15(39)45-14-23-26(46-16(2)40)27(47-17(3)41)28(48-18(4)42)33(49-23)38-13-22(20-9-7-11-35-30(20)38)25-24(31(43)37(5)32(25)44)21-12-36-29-19(21)8-6-10-34-29/h6-13,23,26-28,33H,14H2,1-5H3,(H,34,36)/t23-,26-,27+,28-,33?/m1/s1. The van der Waals surface area contributed by atoms with Crippen molar-refractivity contribution in [1.82, 2.24) is 24.4 Å². The summed E-state index contributed by atoms with van der Waals surface area (Å²) in [5, 5.41) is 1.05. The van der Waals surface area contributed by atoms with Crippen LogP contribution in [0.25, 0.3) is 33.2 Å². The molecule has 6 heterocycles. The Morgan fingerprint density at radius 3 is 2.04 bits per heavy atom. The second-order valence-electron chi connectivity index (χ2n) is 11.4. The number of fused-ring (bicyclic) bond motifs is 2. The fourth-order valence-electron chi connectivity index (χ4n) is 6.21. The van der Waals surface area contributed by atoms with E-state index in [1.165, 1.54) is 30.9 Å². The molecule has 4 aromatic rings. The van der Waals surface area contributed by atoms with E-state index in [1.807, 2.05) is 0 Å². The number of hydrogen-bond donors (Lipinski definition) is 1. The largest absolute Gasteiger partial charge is 0.463 e. The summed E-state index contributed by atoms with van der Waals surface area (Å²) in [4.78, 5) is 89.3. The van der Waals surface area contributed by atoms with Gasteiger partial charge in [0.1, 0.15) is 24.0 Å². The van der Waals surface area contributed by atoms with Crippen LogP contribution in [0.5, 0.6) is 0 Å². The Morgan fingerprint density at radius 1 is 0.796 bits per heavy atom. The molecule has 2 aliphatic rings. The SMILES string of the molecule is CC(=O)OC[C@H]1OC(n2cc(C3=C(c4c[nH]c5ncccc45)C(=O)N(C)C3=O)c3cccnc32)[C@H](OC(C)=O)[C@@H](OC(C)=O)[C@@H]1OC(C)=O. The van der Waals surface area contributed by atoms with Crippen molar-refractivity contribution in [1.29, 1.82) is 0 Å². The van der Waals surface area contributed by atoms with Crippen molar-refractivity contribution < 1.29 is 52.5 Å². The van der Waals surface area contributed by atoms with Gasteiger partial charge in [-0.2, -0.15) is 0 Å². The lowest BCUT2D eigenvalue weighted by atomic mass is 9.96. The van der Waals surface area contributed by atoms with Crippen LogP contribution in [0.3, 0.4) is 0 Å². The van der Waals surface area contributed by atoms with Crippen LogP contribution in [0.4, 0.5) is 0 Å². The summed E-state index contributed by atoms with van der Waals surface area (Å²) in [5.41, 5.74) is 1.70. The van der Waals surface area contributed by atoms with Crippen LogP contribution in [0, 0.1) is 0 Å². The molecule has 49 heavy (non-hydrogen) atoms. The zero-order chi connectivity index (χ0) is 35.1. The highest BCUT2D eigenvalue weighted by molar-refractivity contribution is 6.50. The number of nitrogens with zero attached hydrogens (tertiary/aromatic N) is 4. The average molecular weight is 674 g/mol. The quantitative estimate of drug-likeness (QED) is 0.162. The Morgan fingerprint density at radius 2 is 1.39 bits per heavy atom. The molecule has 0 aromatic carbocycles. The highest BCUT2D eigenvalue weighted by Crippen LogP contribution is 2.43. The Balaban J connectivity index is 1.58. The molecular weight excluding hydrogens is 642 g/mol. The number of rotatable bonds is 8. The molecule has 16 heteroatoms. The molecule has 0 aliphatic carbocycles. The van der Waals surface area contributed by atoms with E-state index in [4.69, 9.17) is 23.7 Å². The molecule has 4 aromatic heterocycles. The number of hydrogen-bond acceptors (Lipinski definition) is 13. The Hall–Kier alpha value is -5.90. The molecule has 5 atom stereocenters. The Kier molecular flexibility index (Phi) is 8.73. The van der Waals surface area contributed by atoms with E-state index in [0.29, 0.717) is 27.5 Å². The number of ether oxygens (including phenoxy) is 5. The van der Waals surface area contributed by atoms with Crippen LogP contribution < -0.4 is 0 Å². The van der Waals surface area contributed by atoms with Gasteiger partial charge in [-0.25, -0.2) is 9.97 Å². The lowest BCUT2D eigenvalue weighted by Crippen LogP contribution is -2.60. The van der Waals surface area contributed by atoms with Crippen molar-refractivity contribution in [2.45, 2.75) is 58.3 Å². The molecule has 2 aliphatic heterocycles. The van der Waals surface area contributed by atoms with E-state index in [-0.39, 0.29) is 16.8 Å². The highest BCUT2D eigenvalue weighted by atomic mass is 16.7. The molecule has 2 amide bonds. The summed E-state index contributed by atoms with van der Waals surface area (Å²) >= 11 is 0. The number of aromatic nitrogens is 4. The van der Waals surface area contributed by atoms with E-state index < -0.39 is 72.9 Å². The van der Waals surface area contributed by atoms with Gasteiger partial charge in [-0.3, -0.25) is 33.7 Å². The van der Waals surface area contributed by atoms with E-state index in [2.05, 4.69) is 15.0 Å². The summed E-state index contributed by atoms with van der Waals surface area (Å²) in [6, 6.07) is 6.82. The van der Waals surface area contributed by atoms with E-state index in [0.717, 1.165) is 25.7 Å². The molecule has 254 valence electrons. The minimum Gasteiger partial charge on any atom is -0.463 e. The van der Waals surface area contributed by atoms with Crippen molar-refractivity contribution in [2.75, 3.05) is 13.7 Å². The van der Waals surface area contributed by atoms with Crippen LogP contribution in [-0.2, 0) is 52.5 Å². The maximum atomic E-state index is 13.9. The molecule has 1 N–H and O–H groups in total. The normalized spacial score (nSPS) is 22.5. The van der Waals surface area contributed by atoms with E-state index >= 15 is 0 Å². The zero-order valence-corrected chi connectivity index (χ0v) is 27.0. The molecule has 0 saturated carbocycles. The first-order valence-electron chi connectivity index (χ1n) is 15.1. The number of amides is 2. The lowest BCUT2D eigenvalue weighted by molar-refractivity contribution is -0.267. The van der Waals surface area contributed by atoms with Gasteiger partial charge in [0.15, 0.2) is 24.5 Å². The monoisotopic (exact) mass is 673 g/mol. The summed E-state index contributed by atoms with van der Waals surface area (Å²) < 4.78 is 29.9. The second kappa shape index (κ2) is 13.0. The van der Waals surface area contributed by atoms with Gasteiger partial charge < -0.3 is 33.2 Å². The third kappa shape index (κ3) is 6.01. The first-order chi connectivity index (χ1) is 23.4. The van der Waals surface area contributed by atoms with Gasteiger partial charge in [0.25, 0.3) is 11.8 Å². The molecule has 6 rings (SSSR count). The topological polar surface area (TPSA) is 198 Å². The number of imide groups is 1. The van der Waals surface area contributed by atoms with E-state index in [1.54, 1.807) is 36.7 Å². The van der Waals surface area contributed by atoms with Gasteiger partial charge in [-0.15, -0.1) is 0 Å². The van der Waals surface area contributed by atoms with Crippen molar-refractivity contribution in [3.05, 3.63) is 60.2 Å². The highest BCUT2D eigenvalue weighted by Gasteiger charge is 2.53. The molecule has 1 unspecified atom stereocenters. The lowest BCUT2D eigenvalue weighted by Gasteiger charge is -2.44. The van der Waals surface area contributed by atoms with Gasteiger partial charge in [0.2, 0.25) is 0 Å². The summed E-state index contributed by atoms with van der Waals surface area (Å²) in [6.07, 6.45) is -0.625. The van der Waals surface area contributed by atoms with Gasteiger partial charge in [-0.1, -0.05) is 0 Å². The predicted molar refractivity (Wildman–Crippen MR) is 168 cm³/mol. The smallest absolute Gasteiger partial charge is 0.303 e. The molecule has 1 saturated heterocycles. The van der Waals surface area contributed by atoms with Crippen LogP contribution >= 0.6 is 0 Å². The van der Waals surface area contributed by atoms with Crippen molar-refractivity contribution in [3.8, 4) is 0 Å². The number of H-pyrrole nitrogens is 1. The van der Waals surface area contributed by atoms with Crippen molar-refractivity contribution >= 4 is 68.9 Å². The van der Waals surface area contributed by atoms with Gasteiger partial charge in [-0.05, 0) is 24.3 Å². The molecule has 0 spiro atoms. The van der Waals surface area contributed by atoms with Gasteiger partial charge >= 0.3 is 23.9 Å². The molecule has 0 radical (unpaired) electrons. The Labute approximate surface area is 277 Å². The predicted octanol–water partition coefficient (Wildman–Crippen LogP) is 2.08. The van der Waals surface area contributed by atoms with Gasteiger partial charge in [0.05, 0.1) is 11.1 Å². The van der Waals surface area contributed by atoms with E-state index in [9.17, 15) is 28.8 Å². The second-order valence-corrected chi connectivity index (χ2v) is 11.4. The number of aromatic amines is 1. The average Bonchev–Trinajstić information content (AvgIpc) is 3.70. The third-order valence-corrected chi connectivity index (χ3v) is 8.11. The number of esters is 4. The molecular formula is C33H31N5O11. The number of carbonyl (C=O) groups is 6. The zero-order valence-electron chi connectivity index (χ0n) is 27.0. The number of nitrogens with one attached hydrogen (secondary N) is 1. The maximum absolute atomic E-state index is 13.9. The van der Waals surface area contributed by atoms with Gasteiger partial charge in [0, 0.05) is 81.4 Å². The van der Waals surface area contributed by atoms with Crippen molar-refractivity contribution in [2.24, 2.45) is 0 Å². The van der Waals surface area contributed by atoms with Crippen LogP contribution in [0.1, 0.15) is 45.0 Å². The van der Waals surface area contributed by atoms with Crippen LogP contribution in [0.2, 0.25) is 0 Å². The number of pyridine rings is 2. The Bertz CT molecular complexity index is 2060. The number of carbonyl (C=O) groups excluding carboxylic acids is 6. The third-order valence-electron chi connectivity index (χ3n) is 8.11. The minimum atomic E-state index is -1.44. The number of likely N-dealkylation sites (N-methyl/N-ethyl adjacent to an activating group) is 1. The summed E-state index contributed by atoms with van der Waals surface area (Å²) in [6.45, 7) is 4.13. The summed E-state index contributed by atoms with van der Waals surface area (Å²) in [5.74, 6) is -4.12. The fourth-order valence-corrected chi connectivity index (χ4v) is 6.21. The first kappa shape index (κ1) is 33.0. The maximum Gasteiger partial charge on any atom is 0.303 e. The van der Waals surface area contributed by atoms with Crippen LogP contribution in [0.15, 0.2) is 49.1 Å². The molecule has 16 nitrogen and oxygen atoms in total. The minimum absolute atomic E-state index is 0.0691. The molecule has 1 fully saturated rings. The fraction of sp³-hybridized carbons (Fsp3) is 0.333.